The summed E-state index contributed by atoms with van der Waals surface area (Å²) in [5.74, 6) is 0.541. The van der Waals surface area contributed by atoms with Crippen LogP contribution in [0.25, 0.3) is 39.0 Å². The van der Waals surface area contributed by atoms with E-state index >= 15 is 0 Å². The third-order valence-corrected chi connectivity index (χ3v) is 5.04. The summed E-state index contributed by atoms with van der Waals surface area (Å²) in [6, 6.07) is 20.2. The molecule has 0 N–H and O–H groups in total. The molecule has 4 nitrogen and oxygen atoms in total. The number of hydrogen-bond acceptors (Lipinski definition) is 3. The average Bonchev–Trinajstić information content (AvgIpc) is 3.08. The van der Waals surface area contributed by atoms with Gasteiger partial charge in [-0.25, -0.2) is 9.97 Å². The standard InChI is InChI=1S/C21H12BrF2N3O/c22-12-9-10-18(28-21(23)24)14(11-12)20-25-15-6-2-1-5-13(15)19-26-16-7-3-4-8-17(16)27(19)20/h1-11,21H. The van der Waals surface area contributed by atoms with Crippen molar-refractivity contribution in [1.82, 2.24) is 14.4 Å². The van der Waals surface area contributed by atoms with Crippen LogP contribution in [0.2, 0.25) is 0 Å². The lowest BCUT2D eigenvalue weighted by Crippen LogP contribution is -2.05. The largest absolute Gasteiger partial charge is 0.434 e. The molecule has 0 atom stereocenters. The summed E-state index contributed by atoms with van der Waals surface area (Å²) in [4.78, 5) is 9.55. The van der Waals surface area contributed by atoms with E-state index in [9.17, 15) is 8.78 Å². The Balaban J connectivity index is 1.96. The van der Waals surface area contributed by atoms with Gasteiger partial charge in [0.15, 0.2) is 5.82 Å². The van der Waals surface area contributed by atoms with E-state index < -0.39 is 6.61 Å². The van der Waals surface area contributed by atoms with Crippen molar-refractivity contribution in [3.05, 3.63) is 71.2 Å². The number of rotatable bonds is 3. The van der Waals surface area contributed by atoms with Gasteiger partial charge in [-0.1, -0.05) is 40.2 Å². The highest BCUT2D eigenvalue weighted by Crippen LogP contribution is 2.36. The van der Waals surface area contributed by atoms with Gasteiger partial charge in [-0.15, -0.1) is 0 Å². The fraction of sp³-hybridized carbons (Fsp3) is 0.0476. The van der Waals surface area contributed by atoms with Gasteiger partial charge in [-0.3, -0.25) is 4.40 Å². The second kappa shape index (κ2) is 6.53. The highest BCUT2D eigenvalue weighted by atomic mass is 79.9. The molecule has 0 unspecified atom stereocenters. The monoisotopic (exact) mass is 439 g/mol. The summed E-state index contributed by atoms with van der Waals surface area (Å²) >= 11 is 3.42. The van der Waals surface area contributed by atoms with Crippen LogP contribution < -0.4 is 4.74 Å². The summed E-state index contributed by atoms with van der Waals surface area (Å²) in [6.07, 6.45) is 0. The van der Waals surface area contributed by atoms with Crippen LogP contribution >= 0.6 is 15.9 Å². The SMILES string of the molecule is FC(F)Oc1ccc(Br)cc1-c1nc2ccccc2c2nc3ccccc3n12. The van der Waals surface area contributed by atoms with E-state index in [4.69, 9.17) is 14.7 Å². The van der Waals surface area contributed by atoms with Crippen molar-refractivity contribution in [2.45, 2.75) is 6.61 Å². The molecule has 2 heterocycles. The maximum absolute atomic E-state index is 13.0. The van der Waals surface area contributed by atoms with Crippen LogP contribution in [0.5, 0.6) is 5.75 Å². The Labute approximate surface area is 166 Å². The molecule has 28 heavy (non-hydrogen) atoms. The average molecular weight is 440 g/mol. The maximum Gasteiger partial charge on any atom is 0.387 e. The minimum absolute atomic E-state index is 0.0556. The Morgan fingerprint density at radius 1 is 0.893 bits per heavy atom. The molecular weight excluding hydrogens is 428 g/mol. The van der Waals surface area contributed by atoms with Crippen molar-refractivity contribution < 1.29 is 13.5 Å². The van der Waals surface area contributed by atoms with Crippen LogP contribution in [0.4, 0.5) is 8.78 Å². The number of halogens is 3. The van der Waals surface area contributed by atoms with Crippen LogP contribution in [0.3, 0.4) is 0 Å². The highest BCUT2D eigenvalue weighted by Gasteiger charge is 2.19. The van der Waals surface area contributed by atoms with Crippen molar-refractivity contribution >= 4 is 43.5 Å². The van der Waals surface area contributed by atoms with Gasteiger partial charge in [0.25, 0.3) is 0 Å². The van der Waals surface area contributed by atoms with E-state index in [1.807, 2.05) is 52.9 Å². The minimum atomic E-state index is -2.93. The summed E-state index contributed by atoms with van der Waals surface area (Å²) in [5, 5.41) is 0.883. The van der Waals surface area contributed by atoms with E-state index in [0.717, 1.165) is 26.4 Å². The lowest BCUT2D eigenvalue weighted by Gasteiger charge is -2.14. The van der Waals surface area contributed by atoms with Crippen molar-refractivity contribution in [2.75, 3.05) is 0 Å². The van der Waals surface area contributed by atoms with Crippen molar-refractivity contribution in [3.8, 4) is 17.1 Å². The fourth-order valence-electron chi connectivity index (χ4n) is 3.40. The molecule has 2 aromatic heterocycles. The third kappa shape index (κ3) is 2.70. The maximum atomic E-state index is 13.0. The van der Waals surface area contributed by atoms with Gasteiger partial charge in [-0.05, 0) is 42.5 Å². The van der Waals surface area contributed by atoms with E-state index in [1.165, 1.54) is 6.07 Å². The Bertz CT molecular complexity index is 1350. The number of nitrogens with zero attached hydrogens (tertiary/aromatic N) is 3. The number of hydrogen-bond donors (Lipinski definition) is 0. The number of para-hydroxylation sites is 3. The lowest BCUT2D eigenvalue weighted by molar-refractivity contribution is -0.0494. The number of imidazole rings is 1. The normalized spacial score (nSPS) is 11.7. The molecule has 138 valence electrons. The number of fused-ring (bicyclic) bond motifs is 5. The zero-order chi connectivity index (χ0) is 19.3. The van der Waals surface area contributed by atoms with Crippen molar-refractivity contribution in [3.63, 3.8) is 0 Å². The van der Waals surface area contributed by atoms with Gasteiger partial charge < -0.3 is 4.74 Å². The number of ether oxygens (including phenoxy) is 1. The van der Waals surface area contributed by atoms with E-state index in [2.05, 4.69) is 15.9 Å². The molecule has 0 saturated heterocycles. The van der Waals surface area contributed by atoms with E-state index in [1.54, 1.807) is 12.1 Å². The molecule has 0 aliphatic heterocycles. The van der Waals surface area contributed by atoms with Crippen LogP contribution in [-0.4, -0.2) is 21.0 Å². The van der Waals surface area contributed by atoms with E-state index in [0.29, 0.717) is 17.0 Å². The summed E-state index contributed by atoms with van der Waals surface area (Å²) in [5.41, 5.74) is 3.53. The molecule has 0 aliphatic carbocycles. The molecular formula is C21H12BrF2N3O. The Morgan fingerprint density at radius 2 is 1.64 bits per heavy atom. The fourth-order valence-corrected chi connectivity index (χ4v) is 3.76. The van der Waals surface area contributed by atoms with Gasteiger partial charge in [0.2, 0.25) is 0 Å². The number of benzene rings is 3. The van der Waals surface area contributed by atoms with Gasteiger partial charge >= 0.3 is 6.61 Å². The zero-order valence-corrected chi connectivity index (χ0v) is 15.9. The quantitative estimate of drug-likeness (QED) is 0.342. The molecule has 0 saturated carbocycles. The molecule has 7 heteroatoms. The molecule has 0 radical (unpaired) electrons. The molecule has 5 rings (SSSR count). The summed E-state index contributed by atoms with van der Waals surface area (Å²) < 4.78 is 33.4. The van der Waals surface area contributed by atoms with Crippen molar-refractivity contribution in [1.29, 1.82) is 0 Å². The van der Waals surface area contributed by atoms with Gasteiger partial charge in [0.05, 0.1) is 22.1 Å². The number of alkyl halides is 2. The smallest absolute Gasteiger partial charge is 0.387 e. The molecule has 5 aromatic rings. The first-order valence-electron chi connectivity index (χ1n) is 8.52. The Morgan fingerprint density at radius 3 is 2.46 bits per heavy atom. The summed E-state index contributed by atoms with van der Waals surface area (Å²) in [7, 11) is 0. The molecule has 0 fully saturated rings. The second-order valence-electron chi connectivity index (χ2n) is 6.23. The van der Waals surface area contributed by atoms with Gasteiger partial charge in [0.1, 0.15) is 11.4 Å². The molecule has 0 aliphatic rings. The molecule has 3 aromatic carbocycles. The van der Waals surface area contributed by atoms with Gasteiger partial charge in [0, 0.05) is 9.86 Å². The first-order chi connectivity index (χ1) is 13.6. The van der Waals surface area contributed by atoms with Crippen LogP contribution in [0, 0.1) is 0 Å². The second-order valence-corrected chi connectivity index (χ2v) is 7.15. The topological polar surface area (TPSA) is 39.4 Å². The summed E-state index contributed by atoms with van der Waals surface area (Å²) in [6.45, 7) is -2.93. The predicted octanol–water partition coefficient (Wildman–Crippen LogP) is 6.07. The highest BCUT2D eigenvalue weighted by molar-refractivity contribution is 9.10. The van der Waals surface area contributed by atoms with Crippen LogP contribution in [-0.2, 0) is 0 Å². The Kier molecular flexibility index (Phi) is 3.98. The van der Waals surface area contributed by atoms with Crippen LogP contribution in [0.15, 0.2) is 71.2 Å². The zero-order valence-electron chi connectivity index (χ0n) is 14.3. The first-order valence-corrected chi connectivity index (χ1v) is 9.32. The lowest BCUT2D eigenvalue weighted by atomic mass is 10.1. The van der Waals surface area contributed by atoms with Crippen molar-refractivity contribution in [2.24, 2.45) is 0 Å². The molecule has 0 spiro atoms. The first kappa shape index (κ1) is 17.1. The predicted molar refractivity (Wildman–Crippen MR) is 108 cm³/mol. The molecule has 0 bridgehead atoms. The third-order valence-electron chi connectivity index (χ3n) is 4.54. The minimum Gasteiger partial charge on any atom is -0.434 e. The Hall–Kier alpha value is -3.06. The van der Waals surface area contributed by atoms with Gasteiger partial charge in [-0.2, -0.15) is 8.78 Å². The molecule has 0 amide bonds. The van der Waals surface area contributed by atoms with Crippen LogP contribution in [0.1, 0.15) is 0 Å². The van der Waals surface area contributed by atoms with E-state index in [-0.39, 0.29) is 5.75 Å². The number of aromatic nitrogens is 3.